The molecular formula is C12H10ClNO2. The fraction of sp³-hybridized carbons (Fsp3) is 0.167. The third-order valence-electron chi connectivity index (χ3n) is 2.41. The molecule has 1 aromatic heterocycles. The summed E-state index contributed by atoms with van der Waals surface area (Å²) in [7, 11) is 0. The third-order valence-corrected chi connectivity index (χ3v) is 2.66. The van der Waals surface area contributed by atoms with E-state index in [1.54, 1.807) is 24.4 Å². The summed E-state index contributed by atoms with van der Waals surface area (Å²) in [5.74, 6) is -0.946. The number of carboxylic acids is 1. The van der Waals surface area contributed by atoms with E-state index < -0.39 is 5.97 Å². The number of aromatic nitrogens is 1. The number of rotatable bonds is 2. The molecule has 4 heteroatoms. The SMILES string of the molecule is CC(Cl)c1cnc2cc(C(=O)O)ccc2c1. The topological polar surface area (TPSA) is 50.2 Å². The van der Waals surface area contributed by atoms with Gasteiger partial charge in [-0.2, -0.15) is 0 Å². The van der Waals surface area contributed by atoms with E-state index in [1.807, 2.05) is 13.0 Å². The lowest BCUT2D eigenvalue weighted by molar-refractivity contribution is 0.0697. The van der Waals surface area contributed by atoms with E-state index in [9.17, 15) is 4.79 Å². The highest BCUT2D eigenvalue weighted by atomic mass is 35.5. The van der Waals surface area contributed by atoms with Gasteiger partial charge in [0.2, 0.25) is 0 Å². The van der Waals surface area contributed by atoms with Crippen LogP contribution in [0.3, 0.4) is 0 Å². The fourth-order valence-corrected chi connectivity index (χ4v) is 1.61. The van der Waals surface area contributed by atoms with Crippen molar-refractivity contribution in [1.82, 2.24) is 4.98 Å². The van der Waals surface area contributed by atoms with Crippen LogP contribution in [0.4, 0.5) is 0 Å². The molecule has 1 unspecified atom stereocenters. The Balaban J connectivity index is 2.57. The normalized spacial score (nSPS) is 12.6. The van der Waals surface area contributed by atoms with Crippen LogP contribution in [0.2, 0.25) is 0 Å². The molecule has 0 fully saturated rings. The monoisotopic (exact) mass is 235 g/mol. The number of hydrogen-bond acceptors (Lipinski definition) is 2. The first-order valence-electron chi connectivity index (χ1n) is 4.85. The zero-order chi connectivity index (χ0) is 11.7. The highest BCUT2D eigenvalue weighted by Crippen LogP contribution is 2.22. The molecule has 1 atom stereocenters. The van der Waals surface area contributed by atoms with Crippen LogP contribution in [0, 0.1) is 0 Å². The van der Waals surface area contributed by atoms with E-state index in [0.717, 1.165) is 10.9 Å². The van der Waals surface area contributed by atoms with Gasteiger partial charge >= 0.3 is 5.97 Å². The third kappa shape index (κ3) is 1.99. The van der Waals surface area contributed by atoms with E-state index in [-0.39, 0.29) is 10.9 Å². The van der Waals surface area contributed by atoms with Gasteiger partial charge in [0, 0.05) is 11.6 Å². The summed E-state index contributed by atoms with van der Waals surface area (Å²) < 4.78 is 0. The Morgan fingerprint density at radius 2 is 2.19 bits per heavy atom. The molecule has 0 radical (unpaired) electrons. The standard InChI is InChI=1S/C12H10ClNO2/c1-7(13)10-4-8-2-3-9(12(15)16)5-11(8)14-6-10/h2-7H,1H3,(H,15,16). The second-order valence-corrected chi connectivity index (χ2v) is 4.25. The largest absolute Gasteiger partial charge is 0.478 e. The van der Waals surface area contributed by atoms with Crippen LogP contribution < -0.4 is 0 Å². The highest BCUT2D eigenvalue weighted by molar-refractivity contribution is 6.20. The lowest BCUT2D eigenvalue weighted by Crippen LogP contribution is -1.96. The minimum absolute atomic E-state index is 0.101. The van der Waals surface area contributed by atoms with Crippen LogP contribution in [0.1, 0.15) is 28.2 Å². The Labute approximate surface area is 97.7 Å². The smallest absolute Gasteiger partial charge is 0.335 e. The van der Waals surface area contributed by atoms with E-state index in [1.165, 1.54) is 0 Å². The van der Waals surface area contributed by atoms with E-state index in [2.05, 4.69) is 4.98 Å². The summed E-state index contributed by atoms with van der Waals surface area (Å²) in [5, 5.41) is 9.64. The molecule has 0 aliphatic rings. The average Bonchev–Trinajstić information content (AvgIpc) is 2.27. The molecule has 0 spiro atoms. The molecule has 0 aliphatic heterocycles. The van der Waals surface area contributed by atoms with Gasteiger partial charge in [-0.1, -0.05) is 6.07 Å². The van der Waals surface area contributed by atoms with Crippen molar-refractivity contribution in [3.8, 4) is 0 Å². The number of hydrogen-bond donors (Lipinski definition) is 1. The number of carbonyl (C=O) groups is 1. The van der Waals surface area contributed by atoms with Crippen LogP contribution >= 0.6 is 11.6 Å². The number of pyridine rings is 1. The van der Waals surface area contributed by atoms with Crippen LogP contribution in [0.5, 0.6) is 0 Å². The number of halogens is 1. The molecule has 16 heavy (non-hydrogen) atoms. The van der Waals surface area contributed by atoms with Crippen molar-refractivity contribution >= 4 is 28.5 Å². The van der Waals surface area contributed by atoms with E-state index in [0.29, 0.717) is 5.52 Å². The van der Waals surface area contributed by atoms with Gasteiger partial charge < -0.3 is 5.11 Å². The molecule has 3 nitrogen and oxygen atoms in total. The van der Waals surface area contributed by atoms with Crippen molar-refractivity contribution in [2.24, 2.45) is 0 Å². The van der Waals surface area contributed by atoms with Crippen LogP contribution in [0.15, 0.2) is 30.5 Å². The van der Waals surface area contributed by atoms with Gasteiger partial charge in [0.1, 0.15) is 0 Å². The number of carboxylic acid groups (broad SMARTS) is 1. The van der Waals surface area contributed by atoms with Crippen LogP contribution in [-0.2, 0) is 0 Å². The van der Waals surface area contributed by atoms with Gasteiger partial charge in [0.25, 0.3) is 0 Å². The lowest BCUT2D eigenvalue weighted by atomic mass is 10.1. The Morgan fingerprint density at radius 1 is 1.44 bits per heavy atom. The zero-order valence-electron chi connectivity index (χ0n) is 8.64. The summed E-state index contributed by atoms with van der Waals surface area (Å²) in [5.41, 5.74) is 1.84. The number of benzene rings is 1. The number of aromatic carboxylic acids is 1. The minimum Gasteiger partial charge on any atom is -0.478 e. The zero-order valence-corrected chi connectivity index (χ0v) is 9.40. The van der Waals surface area contributed by atoms with Crippen LogP contribution in [-0.4, -0.2) is 16.1 Å². The predicted molar refractivity (Wildman–Crippen MR) is 63.0 cm³/mol. The van der Waals surface area contributed by atoms with Crippen molar-refractivity contribution in [2.75, 3.05) is 0 Å². The van der Waals surface area contributed by atoms with E-state index >= 15 is 0 Å². The fourth-order valence-electron chi connectivity index (χ4n) is 1.49. The highest BCUT2D eigenvalue weighted by Gasteiger charge is 2.06. The predicted octanol–water partition coefficient (Wildman–Crippen LogP) is 3.23. The first kappa shape index (κ1) is 10.9. The van der Waals surface area contributed by atoms with Crippen LogP contribution in [0.25, 0.3) is 10.9 Å². The van der Waals surface area contributed by atoms with Gasteiger partial charge in [-0.05, 0) is 30.7 Å². The molecule has 0 aliphatic carbocycles. The van der Waals surface area contributed by atoms with Gasteiger partial charge in [-0.25, -0.2) is 4.79 Å². The molecule has 0 saturated carbocycles. The molecule has 82 valence electrons. The van der Waals surface area contributed by atoms with Crippen molar-refractivity contribution in [1.29, 1.82) is 0 Å². The second kappa shape index (κ2) is 4.10. The summed E-state index contributed by atoms with van der Waals surface area (Å²) in [6.45, 7) is 1.87. The first-order chi connectivity index (χ1) is 7.58. The molecular weight excluding hydrogens is 226 g/mol. The molecule has 1 N–H and O–H groups in total. The maximum atomic E-state index is 10.8. The van der Waals surface area contributed by atoms with E-state index in [4.69, 9.17) is 16.7 Å². The summed E-state index contributed by atoms with van der Waals surface area (Å²) in [6, 6.07) is 6.79. The summed E-state index contributed by atoms with van der Waals surface area (Å²) >= 11 is 5.95. The van der Waals surface area contributed by atoms with Gasteiger partial charge in [0.05, 0.1) is 16.5 Å². The first-order valence-corrected chi connectivity index (χ1v) is 5.28. The van der Waals surface area contributed by atoms with Gasteiger partial charge in [-0.15, -0.1) is 11.6 Å². The van der Waals surface area contributed by atoms with Gasteiger partial charge in [-0.3, -0.25) is 4.98 Å². The van der Waals surface area contributed by atoms with Gasteiger partial charge in [0.15, 0.2) is 0 Å². The molecule has 2 rings (SSSR count). The molecule has 0 amide bonds. The number of nitrogens with zero attached hydrogens (tertiary/aromatic N) is 1. The lowest BCUT2D eigenvalue weighted by Gasteiger charge is -2.05. The maximum Gasteiger partial charge on any atom is 0.335 e. The Kier molecular flexibility index (Phi) is 2.79. The van der Waals surface area contributed by atoms with Crippen molar-refractivity contribution in [3.63, 3.8) is 0 Å². The maximum absolute atomic E-state index is 10.8. The summed E-state index contributed by atoms with van der Waals surface area (Å²) in [4.78, 5) is 15.0. The second-order valence-electron chi connectivity index (χ2n) is 3.60. The van der Waals surface area contributed by atoms with Crippen molar-refractivity contribution in [2.45, 2.75) is 12.3 Å². The number of alkyl halides is 1. The molecule has 1 aromatic carbocycles. The molecule has 0 saturated heterocycles. The van der Waals surface area contributed by atoms with Crippen molar-refractivity contribution in [3.05, 3.63) is 41.6 Å². The molecule has 2 aromatic rings. The van der Waals surface area contributed by atoms with Crippen molar-refractivity contribution < 1.29 is 9.90 Å². The Morgan fingerprint density at radius 3 is 2.81 bits per heavy atom. The molecule has 1 heterocycles. The Hall–Kier alpha value is -1.61. The summed E-state index contributed by atoms with van der Waals surface area (Å²) in [6.07, 6.45) is 1.67. The Bertz CT molecular complexity index is 552. The number of fused-ring (bicyclic) bond motifs is 1. The average molecular weight is 236 g/mol. The minimum atomic E-state index is -0.946. The quantitative estimate of drug-likeness (QED) is 0.813. The molecule has 0 bridgehead atoms.